The van der Waals surface area contributed by atoms with Crippen LogP contribution in [0.3, 0.4) is 0 Å². The van der Waals surface area contributed by atoms with Gasteiger partial charge in [0.2, 0.25) is 0 Å². The third-order valence-corrected chi connectivity index (χ3v) is 3.67. The Balaban J connectivity index is 1.95. The molecule has 2 nitrogen and oxygen atoms in total. The molecule has 2 heterocycles. The summed E-state index contributed by atoms with van der Waals surface area (Å²) in [5.74, 6) is 1.90. The molecule has 2 aliphatic heterocycles. The van der Waals surface area contributed by atoms with Crippen molar-refractivity contribution >= 4 is 0 Å². The van der Waals surface area contributed by atoms with Crippen LogP contribution in [0.4, 0.5) is 0 Å². The van der Waals surface area contributed by atoms with E-state index < -0.39 is 0 Å². The Bertz CT molecular complexity index is 158. The van der Waals surface area contributed by atoms with Crippen LogP contribution >= 0.6 is 0 Å². The molecule has 0 saturated carbocycles. The molecule has 2 saturated heterocycles. The Morgan fingerprint density at radius 2 is 2.33 bits per heavy atom. The zero-order valence-corrected chi connectivity index (χ0v) is 8.21. The second-order valence-corrected chi connectivity index (χ2v) is 4.30. The number of nitrogens with zero attached hydrogens (tertiary/aromatic N) is 1. The van der Waals surface area contributed by atoms with Crippen LogP contribution in [0.15, 0.2) is 0 Å². The van der Waals surface area contributed by atoms with Crippen LogP contribution in [0, 0.1) is 11.8 Å². The number of rotatable bonds is 1. The Kier molecular flexibility index (Phi) is 2.37. The zero-order valence-electron chi connectivity index (χ0n) is 8.21. The monoisotopic (exact) mass is 168 g/mol. The largest absolute Gasteiger partial charge is 0.314 e. The molecule has 70 valence electrons. The molecule has 3 atom stereocenters. The summed E-state index contributed by atoms with van der Waals surface area (Å²) in [5, 5.41) is 3.58. The van der Waals surface area contributed by atoms with Crippen LogP contribution < -0.4 is 5.32 Å². The number of hydrogen-bond donors (Lipinski definition) is 1. The smallest absolute Gasteiger partial charge is 0.00712 e. The van der Waals surface area contributed by atoms with Crippen LogP contribution in [0.2, 0.25) is 0 Å². The molecule has 3 unspecified atom stereocenters. The van der Waals surface area contributed by atoms with Crippen LogP contribution in [-0.2, 0) is 0 Å². The first kappa shape index (κ1) is 8.52. The van der Waals surface area contributed by atoms with Gasteiger partial charge < -0.3 is 10.2 Å². The van der Waals surface area contributed by atoms with Crippen molar-refractivity contribution in [1.29, 1.82) is 0 Å². The zero-order chi connectivity index (χ0) is 8.55. The molecule has 0 bridgehead atoms. The van der Waals surface area contributed by atoms with Gasteiger partial charge in [-0.3, -0.25) is 0 Å². The highest BCUT2D eigenvalue weighted by Crippen LogP contribution is 2.30. The molecule has 2 aliphatic rings. The fourth-order valence-electron chi connectivity index (χ4n) is 2.78. The predicted octanol–water partition coefficient (Wildman–Crippen LogP) is 0.936. The van der Waals surface area contributed by atoms with Crippen LogP contribution in [0.5, 0.6) is 0 Å². The normalized spacial score (nSPS) is 43.0. The molecule has 2 rings (SSSR count). The van der Waals surface area contributed by atoms with Gasteiger partial charge in [-0.1, -0.05) is 6.92 Å². The summed E-state index contributed by atoms with van der Waals surface area (Å²) >= 11 is 0. The van der Waals surface area contributed by atoms with Gasteiger partial charge in [-0.25, -0.2) is 0 Å². The summed E-state index contributed by atoms with van der Waals surface area (Å²) in [6.45, 7) is 9.75. The van der Waals surface area contributed by atoms with Gasteiger partial charge in [0.15, 0.2) is 0 Å². The number of fused-ring (bicyclic) bond motifs is 1. The lowest BCUT2D eigenvalue weighted by Crippen LogP contribution is -2.40. The minimum atomic E-state index is 0.772. The van der Waals surface area contributed by atoms with E-state index in [-0.39, 0.29) is 0 Å². The fraction of sp³-hybridized carbons (Fsp3) is 1.00. The SMILES string of the molecule is CCN1CCC2C(CNC2C)C1. The average molecular weight is 168 g/mol. The maximum absolute atomic E-state index is 3.58. The van der Waals surface area contributed by atoms with E-state index in [0.29, 0.717) is 0 Å². The molecule has 0 spiro atoms. The van der Waals surface area contributed by atoms with Crippen molar-refractivity contribution in [3.05, 3.63) is 0 Å². The van der Waals surface area contributed by atoms with Crippen LogP contribution in [0.1, 0.15) is 20.3 Å². The number of piperidine rings is 1. The van der Waals surface area contributed by atoms with Crippen molar-refractivity contribution in [1.82, 2.24) is 10.2 Å². The lowest BCUT2D eigenvalue weighted by atomic mass is 9.85. The summed E-state index contributed by atoms with van der Waals surface area (Å²) in [5.41, 5.74) is 0. The van der Waals surface area contributed by atoms with Gasteiger partial charge in [-0.2, -0.15) is 0 Å². The molecule has 2 fully saturated rings. The minimum Gasteiger partial charge on any atom is -0.314 e. The Morgan fingerprint density at radius 3 is 3.08 bits per heavy atom. The Hall–Kier alpha value is -0.0800. The molecule has 0 aliphatic carbocycles. The lowest BCUT2D eigenvalue weighted by molar-refractivity contribution is 0.145. The van der Waals surface area contributed by atoms with Gasteiger partial charge in [-0.05, 0) is 44.8 Å². The van der Waals surface area contributed by atoms with Gasteiger partial charge in [0.25, 0.3) is 0 Å². The number of likely N-dealkylation sites (tertiary alicyclic amines) is 1. The molecular weight excluding hydrogens is 148 g/mol. The predicted molar refractivity (Wildman–Crippen MR) is 51.2 cm³/mol. The lowest BCUT2D eigenvalue weighted by Gasteiger charge is -2.34. The third kappa shape index (κ3) is 1.38. The van der Waals surface area contributed by atoms with Gasteiger partial charge in [0.1, 0.15) is 0 Å². The molecule has 2 heteroatoms. The Morgan fingerprint density at radius 1 is 1.50 bits per heavy atom. The van der Waals surface area contributed by atoms with E-state index in [1.165, 1.54) is 32.6 Å². The van der Waals surface area contributed by atoms with Crippen molar-refractivity contribution in [2.75, 3.05) is 26.2 Å². The highest BCUT2D eigenvalue weighted by atomic mass is 15.1. The van der Waals surface area contributed by atoms with E-state index in [2.05, 4.69) is 24.1 Å². The van der Waals surface area contributed by atoms with E-state index >= 15 is 0 Å². The number of hydrogen-bond acceptors (Lipinski definition) is 2. The van der Waals surface area contributed by atoms with Crippen molar-refractivity contribution in [2.45, 2.75) is 26.3 Å². The summed E-state index contributed by atoms with van der Waals surface area (Å²) in [6, 6.07) is 0.772. The van der Waals surface area contributed by atoms with Gasteiger partial charge in [0.05, 0.1) is 0 Å². The second-order valence-electron chi connectivity index (χ2n) is 4.30. The molecule has 12 heavy (non-hydrogen) atoms. The quantitative estimate of drug-likeness (QED) is 0.627. The summed E-state index contributed by atoms with van der Waals surface area (Å²) in [4.78, 5) is 2.58. The highest BCUT2D eigenvalue weighted by molar-refractivity contribution is 4.92. The molecule has 0 aromatic rings. The average Bonchev–Trinajstić information content (AvgIpc) is 2.47. The minimum absolute atomic E-state index is 0.772. The molecule has 1 N–H and O–H groups in total. The van der Waals surface area contributed by atoms with Crippen LogP contribution in [-0.4, -0.2) is 37.1 Å². The van der Waals surface area contributed by atoms with E-state index in [9.17, 15) is 0 Å². The van der Waals surface area contributed by atoms with Crippen molar-refractivity contribution < 1.29 is 0 Å². The summed E-state index contributed by atoms with van der Waals surface area (Å²) in [6.07, 6.45) is 1.41. The highest BCUT2D eigenvalue weighted by Gasteiger charge is 2.36. The third-order valence-electron chi connectivity index (χ3n) is 3.67. The molecular formula is C10H20N2. The summed E-state index contributed by atoms with van der Waals surface area (Å²) < 4.78 is 0. The maximum Gasteiger partial charge on any atom is 0.00712 e. The maximum atomic E-state index is 3.58. The standard InChI is InChI=1S/C10H20N2/c1-3-12-5-4-10-8(2)11-6-9(10)7-12/h8-11H,3-7H2,1-2H3. The first-order chi connectivity index (χ1) is 5.81. The molecule has 0 aromatic carbocycles. The molecule has 0 aromatic heterocycles. The van der Waals surface area contributed by atoms with Gasteiger partial charge in [0, 0.05) is 12.6 Å². The van der Waals surface area contributed by atoms with E-state index in [1.807, 2.05) is 0 Å². The number of nitrogens with one attached hydrogen (secondary N) is 1. The van der Waals surface area contributed by atoms with Gasteiger partial charge >= 0.3 is 0 Å². The second kappa shape index (κ2) is 3.35. The van der Waals surface area contributed by atoms with E-state index in [1.54, 1.807) is 0 Å². The summed E-state index contributed by atoms with van der Waals surface area (Å²) in [7, 11) is 0. The van der Waals surface area contributed by atoms with Gasteiger partial charge in [-0.15, -0.1) is 0 Å². The molecule has 0 amide bonds. The first-order valence-electron chi connectivity index (χ1n) is 5.27. The van der Waals surface area contributed by atoms with Crippen molar-refractivity contribution in [3.63, 3.8) is 0 Å². The molecule has 0 radical (unpaired) electrons. The topological polar surface area (TPSA) is 15.3 Å². The van der Waals surface area contributed by atoms with E-state index in [4.69, 9.17) is 0 Å². The Labute approximate surface area is 75.3 Å². The van der Waals surface area contributed by atoms with Crippen molar-refractivity contribution in [3.8, 4) is 0 Å². The fourth-order valence-corrected chi connectivity index (χ4v) is 2.78. The first-order valence-corrected chi connectivity index (χ1v) is 5.27. The van der Waals surface area contributed by atoms with Crippen molar-refractivity contribution in [2.24, 2.45) is 11.8 Å². The van der Waals surface area contributed by atoms with Crippen LogP contribution in [0.25, 0.3) is 0 Å². The van der Waals surface area contributed by atoms with E-state index in [0.717, 1.165) is 17.9 Å².